The van der Waals surface area contributed by atoms with Crippen molar-refractivity contribution in [2.45, 2.75) is 26.2 Å². The highest BCUT2D eigenvalue weighted by Crippen LogP contribution is 2.02. The zero-order valence-electron chi connectivity index (χ0n) is 11.0. The fraction of sp³-hybridized carbons (Fsp3) is 0.917. The fourth-order valence-electron chi connectivity index (χ4n) is 1.23. The van der Waals surface area contributed by atoms with E-state index in [0.717, 1.165) is 12.8 Å². The standard InChI is InChI=1S/C12H26N2O3/c1-11(10-13)4-5-12(15)14-6-3-7-17-9-8-16-2/h11H,3-10,13H2,1-2H3,(H,14,15). The van der Waals surface area contributed by atoms with Gasteiger partial charge in [0.05, 0.1) is 13.2 Å². The average molecular weight is 246 g/mol. The van der Waals surface area contributed by atoms with Crippen LogP contribution in [0, 0.1) is 5.92 Å². The monoisotopic (exact) mass is 246 g/mol. The molecule has 1 atom stereocenters. The van der Waals surface area contributed by atoms with E-state index in [2.05, 4.69) is 12.2 Å². The largest absolute Gasteiger partial charge is 0.382 e. The Hall–Kier alpha value is -0.650. The number of ether oxygens (including phenoxy) is 2. The van der Waals surface area contributed by atoms with Crippen molar-refractivity contribution in [1.29, 1.82) is 0 Å². The van der Waals surface area contributed by atoms with E-state index in [1.54, 1.807) is 7.11 Å². The summed E-state index contributed by atoms with van der Waals surface area (Å²) in [5.41, 5.74) is 5.48. The second kappa shape index (κ2) is 11.8. The summed E-state index contributed by atoms with van der Waals surface area (Å²) in [5.74, 6) is 0.514. The Morgan fingerprint density at radius 3 is 2.76 bits per heavy atom. The molecule has 0 spiro atoms. The molecule has 0 fully saturated rings. The van der Waals surface area contributed by atoms with E-state index in [1.807, 2.05) is 0 Å². The number of nitrogens with one attached hydrogen (secondary N) is 1. The first kappa shape index (κ1) is 16.4. The van der Waals surface area contributed by atoms with Crippen LogP contribution in [0.1, 0.15) is 26.2 Å². The molecular formula is C12H26N2O3. The average Bonchev–Trinajstić information content (AvgIpc) is 2.34. The van der Waals surface area contributed by atoms with E-state index in [9.17, 15) is 4.79 Å². The van der Waals surface area contributed by atoms with Crippen molar-refractivity contribution in [1.82, 2.24) is 5.32 Å². The number of amides is 1. The smallest absolute Gasteiger partial charge is 0.220 e. The number of hydrogen-bond acceptors (Lipinski definition) is 4. The Balaban J connectivity index is 3.22. The first-order valence-corrected chi connectivity index (χ1v) is 6.24. The maximum absolute atomic E-state index is 11.4. The van der Waals surface area contributed by atoms with Crippen LogP contribution >= 0.6 is 0 Å². The van der Waals surface area contributed by atoms with Crippen LogP contribution in [-0.4, -0.2) is 45.9 Å². The normalized spacial score (nSPS) is 12.4. The Morgan fingerprint density at radius 2 is 2.12 bits per heavy atom. The molecule has 0 heterocycles. The van der Waals surface area contributed by atoms with Crippen molar-refractivity contribution >= 4 is 5.91 Å². The Bertz CT molecular complexity index is 189. The van der Waals surface area contributed by atoms with E-state index in [-0.39, 0.29) is 5.91 Å². The predicted octanol–water partition coefficient (Wildman–Crippen LogP) is 0.531. The number of rotatable bonds is 11. The van der Waals surface area contributed by atoms with E-state index in [4.69, 9.17) is 15.2 Å². The van der Waals surface area contributed by atoms with Crippen LogP contribution in [-0.2, 0) is 14.3 Å². The van der Waals surface area contributed by atoms with Crippen LogP contribution in [0.3, 0.4) is 0 Å². The molecule has 102 valence electrons. The molecule has 0 aromatic carbocycles. The summed E-state index contributed by atoms with van der Waals surface area (Å²) in [6.07, 6.45) is 2.25. The lowest BCUT2D eigenvalue weighted by Gasteiger charge is -2.08. The molecular weight excluding hydrogens is 220 g/mol. The summed E-state index contributed by atoms with van der Waals surface area (Å²) in [4.78, 5) is 11.4. The molecule has 0 bridgehead atoms. The Labute approximate surface area is 104 Å². The van der Waals surface area contributed by atoms with Gasteiger partial charge in [-0.1, -0.05) is 6.92 Å². The number of nitrogens with two attached hydrogens (primary N) is 1. The maximum Gasteiger partial charge on any atom is 0.220 e. The van der Waals surface area contributed by atoms with Gasteiger partial charge in [0.1, 0.15) is 0 Å². The maximum atomic E-state index is 11.4. The molecule has 0 aromatic heterocycles. The predicted molar refractivity (Wildman–Crippen MR) is 67.8 cm³/mol. The third kappa shape index (κ3) is 11.6. The van der Waals surface area contributed by atoms with Gasteiger partial charge in [-0.05, 0) is 25.3 Å². The van der Waals surface area contributed by atoms with Crippen LogP contribution in [0.15, 0.2) is 0 Å². The van der Waals surface area contributed by atoms with Gasteiger partial charge in [0.2, 0.25) is 5.91 Å². The van der Waals surface area contributed by atoms with E-state index < -0.39 is 0 Å². The zero-order valence-corrected chi connectivity index (χ0v) is 11.0. The molecule has 3 N–H and O–H groups in total. The van der Waals surface area contributed by atoms with Gasteiger partial charge in [0.25, 0.3) is 0 Å². The van der Waals surface area contributed by atoms with Gasteiger partial charge in [-0.25, -0.2) is 0 Å². The summed E-state index contributed by atoms with van der Waals surface area (Å²) in [6.45, 7) is 5.24. The number of methoxy groups -OCH3 is 1. The van der Waals surface area contributed by atoms with Crippen LogP contribution in [0.25, 0.3) is 0 Å². The summed E-state index contributed by atoms with van der Waals surface area (Å²) >= 11 is 0. The SMILES string of the molecule is COCCOCCCNC(=O)CCC(C)CN. The topological polar surface area (TPSA) is 73.6 Å². The second-order valence-corrected chi connectivity index (χ2v) is 4.19. The van der Waals surface area contributed by atoms with Crippen molar-refractivity contribution in [3.63, 3.8) is 0 Å². The van der Waals surface area contributed by atoms with Gasteiger partial charge in [0.15, 0.2) is 0 Å². The number of carbonyl (C=O) groups excluding carboxylic acids is 1. The minimum atomic E-state index is 0.0993. The van der Waals surface area contributed by atoms with E-state index >= 15 is 0 Å². The summed E-state index contributed by atoms with van der Waals surface area (Å²) < 4.78 is 10.1. The van der Waals surface area contributed by atoms with Crippen molar-refractivity contribution in [2.75, 3.05) is 40.0 Å². The lowest BCUT2D eigenvalue weighted by atomic mass is 10.1. The quantitative estimate of drug-likeness (QED) is 0.522. The highest BCUT2D eigenvalue weighted by molar-refractivity contribution is 5.75. The third-order valence-electron chi connectivity index (χ3n) is 2.49. The van der Waals surface area contributed by atoms with Crippen molar-refractivity contribution in [3.05, 3.63) is 0 Å². The zero-order chi connectivity index (χ0) is 12.9. The molecule has 0 saturated carbocycles. The Morgan fingerprint density at radius 1 is 1.35 bits per heavy atom. The summed E-state index contributed by atoms with van der Waals surface area (Å²) in [6, 6.07) is 0. The molecule has 5 nitrogen and oxygen atoms in total. The fourth-order valence-corrected chi connectivity index (χ4v) is 1.23. The lowest BCUT2D eigenvalue weighted by Crippen LogP contribution is -2.26. The van der Waals surface area contributed by atoms with Gasteiger partial charge >= 0.3 is 0 Å². The second-order valence-electron chi connectivity index (χ2n) is 4.19. The Kier molecular flexibility index (Phi) is 11.4. The summed E-state index contributed by atoms with van der Waals surface area (Å²) in [7, 11) is 1.64. The van der Waals surface area contributed by atoms with Gasteiger partial charge in [0, 0.05) is 26.7 Å². The molecule has 1 amide bonds. The highest BCUT2D eigenvalue weighted by atomic mass is 16.5. The molecule has 0 rings (SSSR count). The van der Waals surface area contributed by atoms with E-state index in [1.165, 1.54) is 0 Å². The molecule has 0 aliphatic carbocycles. The van der Waals surface area contributed by atoms with E-state index in [0.29, 0.717) is 45.2 Å². The molecule has 0 radical (unpaired) electrons. The number of carbonyl (C=O) groups is 1. The van der Waals surface area contributed by atoms with Crippen molar-refractivity contribution < 1.29 is 14.3 Å². The molecule has 0 aliphatic heterocycles. The lowest BCUT2D eigenvalue weighted by molar-refractivity contribution is -0.121. The molecule has 1 unspecified atom stereocenters. The first-order valence-electron chi connectivity index (χ1n) is 6.24. The van der Waals surface area contributed by atoms with Gasteiger partial charge < -0.3 is 20.5 Å². The van der Waals surface area contributed by atoms with Gasteiger partial charge in [-0.2, -0.15) is 0 Å². The van der Waals surface area contributed by atoms with Crippen molar-refractivity contribution in [2.24, 2.45) is 11.7 Å². The molecule has 0 aromatic rings. The highest BCUT2D eigenvalue weighted by Gasteiger charge is 2.04. The van der Waals surface area contributed by atoms with Gasteiger partial charge in [-0.15, -0.1) is 0 Å². The van der Waals surface area contributed by atoms with Crippen LogP contribution in [0.2, 0.25) is 0 Å². The minimum Gasteiger partial charge on any atom is -0.382 e. The third-order valence-corrected chi connectivity index (χ3v) is 2.49. The molecule has 0 aliphatic rings. The minimum absolute atomic E-state index is 0.0993. The molecule has 0 saturated heterocycles. The van der Waals surface area contributed by atoms with Crippen molar-refractivity contribution in [3.8, 4) is 0 Å². The van der Waals surface area contributed by atoms with Crippen LogP contribution < -0.4 is 11.1 Å². The van der Waals surface area contributed by atoms with Gasteiger partial charge in [-0.3, -0.25) is 4.79 Å². The molecule has 17 heavy (non-hydrogen) atoms. The number of hydrogen-bond donors (Lipinski definition) is 2. The van der Waals surface area contributed by atoms with Crippen LogP contribution in [0.5, 0.6) is 0 Å². The van der Waals surface area contributed by atoms with Crippen LogP contribution in [0.4, 0.5) is 0 Å². The molecule has 5 heteroatoms. The summed E-state index contributed by atoms with van der Waals surface area (Å²) in [5, 5.41) is 2.86. The first-order chi connectivity index (χ1) is 8.20.